The first-order chi connectivity index (χ1) is 15.3. The molecule has 6 rings (SSSR count). The third-order valence-electron chi connectivity index (χ3n) is 10.1. The molecule has 2 aliphatic heterocycles. The summed E-state index contributed by atoms with van der Waals surface area (Å²) in [7, 11) is 0. The quantitative estimate of drug-likeness (QED) is 0.436. The predicted octanol–water partition coefficient (Wildman–Crippen LogP) is 0.505. The highest BCUT2D eigenvalue weighted by Crippen LogP contribution is 2.78. The maximum absolute atomic E-state index is 12.3. The van der Waals surface area contributed by atoms with Gasteiger partial charge in [-0.15, -0.1) is 0 Å². The van der Waals surface area contributed by atoms with Gasteiger partial charge in [-0.2, -0.15) is 0 Å². The number of esters is 2. The topological polar surface area (TPSA) is 143 Å². The van der Waals surface area contributed by atoms with Crippen LogP contribution >= 0.6 is 0 Å². The maximum atomic E-state index is 12.3. The lowest BCUT2D eigenvalue weighted by Crippen LogP contribution is -2.84. The zero-order chi connectivity index (χ0) is 24.2. The fourth-order valence-corrected chi connectivity index (χ4v) is 9.18. The van der Waals surface area contributed by atoms with Gasteiger partial charge in [0.15, 0.2) is 6.10 Å². The van der Waals surface area contributed by atoms with Crippen molar-refractivity contribution in [1.29, 1.82) is 0 Å². The SMILES string of the molecule is CC(=O)OC[C@@]1(O)[C@@H]2CC[C@H]3[C@]45CCCC(C)(C)[C@H]4[C@H](OC(C)=O)[C@@](O)(OC5)[C@]3([C@@H]2O)[C@@H]1O. The van der Waals surface area contributed by atoms with Gasteiger partial charge >= 0.3 is 11.9 Å². The summed E-state index contributed by atoms with van der Waals surface area (Å²) in [6.07, 6.45) is -0.601. The van der Waals surface area contributed by atoms with E-state index in [1.807, 2.05) is 0 Å². The summed E-state index contributed by atoms with van der Waals surface area (Å²) in [6.45, 7) is 6.42. The normalized spacial score (nSPS) is 53.7. The second kappa shape index (κ2) is 6.91. The molecule has 0 unspecified atom stereocenters. The molecule has 0 aromatic carbocycles. The van der Waals surface area contributed by atoms with E-state index in [1.54, 1.807) is 0 Å². The Morgan fingerprint density at radius 3 is 2.39 bits per heavy atom. The van der Waals surface area contributed by atoms with Gasteiger partial charge in [-0.1, -0.05) is 20.3 Å². The first kappa shape index (κ1) is 23.5. The second-order valence-corrected chi connectivity index (χ2v) is 11.9. The number of rotatable bonds is 3. The Bertz CT molecular complexity index is 874. The molecule has 4 N–H and O–H groups in total. The van der Waals surface area contributed by atoms with E-state index in [4.69, 9.17) is 14.2 Å². The number of fused-ring (bicyclic) bond motifs is 2. The molecule has 186 valence electrons. The zero-order valence-electron chi connectivity index (χ0n) is 19.7. The van der Waals surface area contributed by atoms with Crippen molar-refractivity contribution in [1.82, 2.24) is 0 Å². The summed E-state index contributed by atoms with van der Waals surface area (Å²) in [5.41, 5.74) is -4.48. The van der Waals surface area contributed by atoms with Crippen LogP contribution in [-0.2, 0) is 23.8 Å². The van der Waals surface area contributed by atoms with Crippen LogP contribution in [0.4, 0.5) is 0 Å². The van der Waals surface area contributed by atoms with E-state index in [0.29, 0.717) is 12.8 Å². The Hall–Kier alpha value is -1.26. The molecule has 6 fully saturated rings. The van der Waals surface area contributed by atoms with Crippen molar-refractivity contribution >= 4 is 11.9 Å². The van der Waals surface area contributed by atoms with Crippen molar-refractivity contribution in [3.8, 4) is 0 Å². The van der Waals surface area contributed by atoms with Gasteiger partial charge in [0.25, 0.3) is 0 Å². The molecule has 0 amide bonds. The second-order valence-electron chi connectivity index (χ2n) is 11.9. The average molecular weight is 469 g/mol. The highest BCUT2D eigenvalue weighted by atomic mass is 16.7. The molecule has 2 spiro atoms. The third kappa shape index (κ3) is 2.55. The van der Waals surface area contributed by atoms with E-state index in [9.17, 15) is 30.0 Å². The van der Waals surface area contributed by atoms with Crippen LogP contribution in [0.25, 0.3) is 0 Å². The number of ether oxygens (including phenoxy) is 3. The Balaban J connectivity index is 1.72. The molecule has 4 bridgehead atoms. The van der Waals surface area contributed by atoms with Crippen LogP contribution in [0.15, 0.2) is 0 Å². The molecule has 4 saturated carbocycles. The fraction of sp³-hybridized carbons (Fsp3) is 0.917. The van der Waals surface area contributed by atoms with Crippen LogP contribution in [0.3, 0.4) is 0 Å². The highest BCUT2D eigenvalue weighted by molar-refractivity contribution is 5.66. The molecule has 4 aliphatic carbocycles. The Morgan fingerprint density at radius 1 is 1.06 bits per heavy atom. The predicted molar refractivity (Wildman–Crippen MR) is 112 cm³/mol. The molecular weight excluding hydrogens is 432 g/mol. The van der Waals surface area contributed by atoms with Crippen molar-refractivity contribution in [2.75, 3.05) is 13.2 Å². The van der Waals surface area contributed by atoms with Gasteiger partial charge in [0, 0.05) is 31.1 Å². The molecule has 9 nitrogen and oxygen atoms in total. The summed E-state index contributed by atoms with van der Waals surface area (Å²) in [5, 5.41) is 47.4. The van der Waals surface area contributed by atoms with E-state index in [2.05, 4.69) is 13.8 Å². The maximum Gasteiger partial charge on any atom is 0.303 e. The minimum atomic E-state index is -2.21. The van der Waals surface area contributed by atoms with Crippen molar-refractivity contribution in [2.24, 2.45) is 34.0 Å². The molecule has 2 saturated heterocycles. The third-order valence-corrected chi connectivity index (χ3v) is 10.1. The van der Waals surface area contributed by atoms with Crippen LogP contribution in [0.5, 0.6) is 0 Å². The lowest BCUT2D eigenvalue weighted by Gasteiger charge is -2.75. The highest BCUT2D eigenvalue weighted by Gasteiger charge is 2.89. The minimum Gasteiger partial charge on any atom is -0.463 e. The van der Waals surface area contributed by atoms with Crippen LogP contribution < -0.4 is 0 Å². The van der Waals surface area contributed by atoms with Crippen molar-refractivity contribution in [3.05, 3.63) is 0 Å². The fourth-order valence-electron chi connectivity index (χ4n) is 9.18. The molecule has 0 aromatic rings. The van der Waals surface area contributed by atoms with Crippen LogP contribution in [0, 0.1) is 34.0 Å². The minimum absolute atomic E-state index is 0.230. The first-order valence-electron chi connectivity index (χ1n) is 12.0. The van der Waals surface area contributed by atoms with E-state index >= 15 is 0 Å². The summed E-state index contributed by atoms with van der Waals surface area (Å²) in [5.74, 6) is -4.85. The van der Waals surface area contributed by atoms with E-state index < -0.39 is 65.0 Å². The lowest BCUT2D eigenvalue weighted by atomic mass is 9.36. The number of carbonyl (C=O) groups excluding carboxylic acids is 2. The summed E-state index contributed by atoms with van der Waals surface area (Å²) < 4.78 is 17.0. The van der Waals surface area contributed by atoms with Gasteiger partial charge in [0.05, 0.1) is 18.1 Å². The number of hydrogen-bond donors (Lipinski definition) is 4. The number of carbonyl (C=O) groups is 2. The Labute approximate surface area is 193 Å². The van der Waals surface area contributed by atoms with Crippen molar-refractivity contribution in [2.45, 2.75) is 89.5 Å². The van der Waals surface area contributed by atoms with E-state index in [-0.39, 0.29) is 23.9 Å². The van der Waals surface area contributed by atoms with E-state index in [0.717, 1.165) is 19.3 Å². The van der Waals surface area contributed by atoms with Crippen LogP contribution in [-0.4, -0.2) is 75.3 Å². The Morgan fingerprint density at radius 2 is 1.76 bits per heavy atom. The van der Waals surface area contributed by atoms with Crippen LogP contribution in [0.2, 0.25) is 0 Å². The molecule has 33 heavy (non-hydrogen) atoms. The number of hydrogen-bond acceptors (Lipinski definition) is 9. The summed E-state index contributed by atoms with van der Waals surface area (Å²) in [6, 6.07) is 0. The van der Waals surface area contributed by atoms with Gasteiger partial charge in [-0.25, -0.2) is 0 Å². The van der Waals surface area contributed by atoms with Crippen molar-refractivity contribution in [3.63, 3.8) is 0 Å². The van der Waals surface area contributed by atoms with Gasteiger partial charge in [-0.05, 0) is 37.0 Å². The standard InChI is InChI=1S/C24H36O9/c1-12(25)31-11-22(29)14-6-7-15-21-9-5-8-20(3,4)16(21)18(33-13(2)26)24(30,32-10-21)23(15,17(14)27)19(22)28/h14-19,27-30H,5-11H2,1-4H3/t14-,15+,16-,17-,18+,19-,21-,22-,23-,24-/m1/s1. The van der Waals surface area contributed by atoms with Gasteiger partial charge < -0.3 is 34.6 Å². The molecule has 10 atom stereocenters. The molecule has 2 heterocycles. The van der Waals surface area contributed by atoms with Crippen molar-refractivity contribution < 1.29 is 44.2 Å². The summed E-state index contributed by atoms with van der Waals surface area (Å²) in [4.78, 5) is 23.7. The number of aliphatic hydroxyl groups is 4. The van der Waals surface area contributed by atoms with Gasteiger partial charge in [0.2, 0.25) is 5.79 Å². The Kier molecular flexibility index (Phi) is 4.91. The average Bonchev–Trinajstić information content (AvgIpc) is 2.80. The monoisotopic (exact) mass is 468 g/mol. The largest absolute Gasteiger partial charge is 0.463 e. The zero-order valence-corrected chi connectivity index (χ0v) is 19.7. The summed E-state index contributed by atoms with van der Waals surface area (Å²) >= 11 is 0. The van der Waals surface area contributed by atoms with Gasteiger partial charge in [0.1, 0.15) is 18.3 Å². The first-order valence-corrected chi connectivity index (χ1v) is 12.0. The molecule has 9 heteroatoms. The molecule has 0 aromatic heterocycles. The van der Waals surface area contributed by atoms with E-state index in [1.165, 1.54) is 13.8 Å². The smallest absolute Gasteiger partial charge is 0.303 e. The van der Waals surface area contributed by atoms with Crippen LogP contribution in [0.1, 0.15) is 59.8 Å². The molecule has 0 radical (unpaired) electrons. The lowest BCUT2D eigenvalue weighted by molar-refractivity contribution is -0.469. The molecular formula is C24H36O9. The number of aliphatic hydroxyl groups excluding tert-OH is 2. The van der Waals surface area contributed by atoms with Gasteiger partial charge in [-0.3, -0.25) is 9.59 Å². The molecule has 6 aliphatic rings.